The first kappa shape index (κ1) is 26.4. The Labute approximate surface area is 210 Å². The van der Waals surface area contributed by atoms with Crippen LogP contribution in [0.4, 0.5) is 24.5 Å². The van der Waals surface area contributed by atoms with Gasteiger partial charge in [0.05, 0.1) is 30.0 Å². The summed E-state index contributed by atoms with van der Waals surface area (Å²) in [5, 5.41) is 16.9. The van der Waals surface area contributed by atoms with E-state index in [0.717, 1.165) is 31.3 Å². The second-order valence-electron chi connectivity index (χ2n) is 10.7. The van der Waals surface area contributed by atoms with E-state index in [4.69, 9.17) is 0 Å². The highest BCUT2D eigenvalue weighted by molar-refractivity contribution is 6.01. The van der Waals surface area contributed by atoms with Crippen molar-refractivity contribution in [2.75, 3.05) is 44.6 Å². The minimum Gasteiger partial charge on any atom is -0.385 e. The van der Waals surface area contributed by atoms with Crippen LogP contribution in [0.3, 0.4) is 0 Å². The Morgan fingerprint density at radius 3 is 2.42 bits per heavy atom. The molecule has 0 radical (unpaired) electrons. The molecule has 0 saturated carbocycles. The van der Waals surface area contributed by atoms with Crippen LogP contribution in [0, 0.1) is 17.5 Å². The summed E-state index contributed by atoms with van der Waals surface area (Å²) >= 11 is 0. The van der Waals surface area contributed by atoms with Crippen LogP contribution >= 0.6 is 0 Å². The summed E-state index contributed by atoms with van der Waals surface area (Å²) in [5.74, 6) is -3.61. The lowest BCUT2D eigenvalue weighted by Crippen LogP contribution is -2.69. The smallest absolute Gasteiger partial charge is 0.256 e. The molecular formula is C27H35F3N4O2. The highest BCUT2D eigenvalue weighted by Gasteiger charge is 2.45. The minimum atomic E-state index is -1.26. The van der Waals surface area contributed by atoms with Crippen molar-refractivity contribution in [2.24, 2.45) is 0 Å². The summed E-state index contributed by atoms with van der Waals surface area (Å²) in [6.45, 7) is 9.48. The van der Waals surface area contributed by atoms with Crippen LogP contribution < -0.4 is 10.6 Å². The first-order chi connectivity index (χ1) is 17.0. The molecule has 6 nitrogen and oxygen atoms in total. The van der Waals surface area contributed by atoms with Crippen molar-refractivity contribution in [1.29, 1.82) is 0 Å². The SMILES string of the molecule is CCc1ccc(Nc2c(C(=O)N3CC(O)(CNC(C)(C)CN4CCCC4)C3)ccc(F)c2F)c(F)c1. The molecule has 196 valence electrons. The largest absolute Gasteiger partial charge is 0.385 e. The van der Waals surface area contributed by atoms with Crippen LogP contribution in [0.5, 0.6) is 0 Å². The molecule has 0 aliphatic carbocycles. The number of carbonyl (C=O) groups excluding carboxylic acids is 1. The van der Waals surface area contributed by atoms with Crippen molar-refractivity contribution in [3.8, 4) is 0 Å². The van der Waals surface area contributed by atoms with E-state index >= 15 is 0 Å². The first-order valence-corrected chi connectivity index (χ1v) is 12.5. The molecule has 2 aliphatic heterocycles. The quantitative estimate of drug-likeness (QED) is 0.481. The number of likely N-dealkylation sites (tertiary alicyclic amines) is 2. The number of aryl methyl sites for hydroxylation is 1. The number of aliphatic hydroxyl groups is 1. The number of nitrogens with one attached hydrogen (secondary N) is 2. The van der Waals surface area contributed by atoms with Gasteiger partial charge in [0, 0.05) is 18.6 Å². The zero-order valence-electron chi connectivity index (χ0n) is 21.1. The number of benzene rings is 2. The zero-order valence-corrected chi connectivity index (χ0v) is 21.1. The number of β-amino-alcohol motifs (C(OH)–C–C–N with tert-alkyl or cyclic N) is 1. The van der Waals surface area contributed by atoms with Crippen LogP contribution in [0.25, 0.3) is 0 Å². The van der Waals surface area contributed by atoms with Gasteiger partial charge in [-0.25, -0.2) is 13.2 Å². The van der Waals surface area contributed by atoms with Gasteiger partial charge in [-0.3, -0.25) is 4.79 Å². The Bertz CT molecular complexity index is 1110. The number of nitrogens with zero attached hydrogens (tertiary/aromatic N) is 2. The van der Waals surface area contributed by atoms with Crippen LogP contribution in [-0.4, -0.2) is 71.2 Å². The van der Waals surface area contributed by atoms with E-state index in [-0.39, 0.29) is 29.9 Å². The van der Waals surface area contributed by atoms with E-state index in [1.807, 2.05) is 6.92 Å². The number of rotatable bonds is 9. The maximum Gasteiger partial charge on any atom is 0.256 e. The number of halogens is 3. The summed E-state index contributed by atoms with van der Waals surface area (Å²) in [6.07, 6.45) is 3.03. The second kappa shape index (κ2) is 10.4. The Hall–Kier alpha value is -2.62. The van der Waals surface area contributed by atoms with E-state index in [2.05, 4.69) is 29.4 Å². The van der Waals surface area contributed by atoms with Crippen molar-refractivity contribution in [1.82, 2.24) is 15.1 Å². The van der Waals surface area contributed by atoms with Gasteiger partial charge in [0.25, 0.3) is 5.91 Å². The van der Waals surface area contributed by atoms with Crippen molar-refractivity contribution in [3.63, 3.8) is 0 Å². The fraction of sp³-hybridized carbons (Fsp3) is 0.519. The Balaban J connectivity index is 1.43. The van der Waals surface area contributed by atoms with E-state index in [1.165, 1.54) is 35.9 Å². The molecule has 2 aliphatic rings. The number of amides is 1. The van der Waals surface area contributed by atoms with E-state index < -0.39 is 34.6 Å². The van der Waals surface area contributed by atoms with Crippen molar-refractivity contribution >= 4 is 17.3 Å². The molecule has 0 unspecified atom stereocenters. The fourth-order valence-electron chi connectivity index (χ4n) is 4.92. The summed E-state index contributed by atoms with van der Waals surface area (Å²) in [7, 11) is 0. The molecule has 9 heteroatoms. The predicted molar refractivity (Wildman–Crippen MR) is 134 cm³/mol. The average molecular weight is 505 g/mol. The Morgan fingerprint density at radius 1 is 1.08 bits per heavy atom. The van der Waals surface area contributed by atoms with Crippen LogP contribution in [0.15, 0.2) is 30.3 Å². The molecular weight excluding hydrogens is 469 g/mol. The molecule has 2 saturated heterocycles. The molecule has 2 aromatic rings. The van der Waals surface area contributed by atoms with Crippen molar-refractivity contribution in [2.45, 2.75) is 51.2 Å². The molecule has 1 amide bonds. The van der Waals surface area contributed by atoms with Gasteiger partial charge < -0.3 is 25.5 Å². The Morgan fingerprint density at radius 2 is 1.78 bits per heavy atom. The molecule has 4 rings (SSSR count). The summed E-state index contributed by atoms with van der Waals surface area (Å²) in [6, 6.07) is 6.48. The third-order valence-electron chi connectivity index (χ3n) is 7.00. The predicted octanol–water partition coefficient (Wildman–Crippen LogP) is 4.06. The molecule has 0 atom stereocenters. The molecule has 3 N–H and O–H groups in total. The summed E-state index contributed by atoms with van der Waals surface area (Å²) in [5.41, 5.74) is -1.19. The van der Waals surface area contributed by atoms with Gasteiger partial charge in [0.1, 0.15) is 11.4 Å². The van der Waals surface area contributed by atoms with Gasteiger partial charge in [0.2, 0.25) is 0 Å². The van der Waals surface area contributed by atoms with E-state index in [0.29, 0.717) is 13.0 Å². The highest BCUT2D eigenvalue weighted by atomic mass is 19.2. The molecule has 2 fully saturated rings. The molecule has 0 aromatic heterocycles. The maximum absolute atomic E-state index is 14.7. The van der Waals surface area contributed by atoms with Gasteiger partial charge in [-0.05, 0) is 76.0 Å². The van der Waals surface area contributed by atoms with Crippen molar-refractivity contribution in [3.05, 3.63) is 58.9 Å². The zero-order chi connectivity index (χ0) is 26.1. The number of anilines is 2. The van der Waals surface area contributed by atoms with Gasteiger partial charge >= 0.3 is 0 Å². The maximum atomic E-state index is 14.7. The topological polar surface area (TPSA) is 67.8 Å². The lowest BCUT2D eigenvalue weighted by atomic mass is 9.91. The van der Waals surface area contributed by atoms with E-state index in [1.54, 1.807) is 6.07 Å². The molecule has 2 aromatic carbocycles. The minimum absolute atomic E-state index is 0.0522. The van der Waals surface area contributed by atoms with Gasteiger partial charge in [0.15, 0.2) is 11.6 Å². The van der Waals surface area contributed by atoms with Gasteiger partial charge in [-0.15, -0.1) is 0 Å². The monoisotopic (exact) mass is 504 g/mol. The summed E-state index contributed by atoms with van der Waals surface area (Å²) in [4.78, 5) is 16.9. The van der Waals surface area contributed by atoms with Crippen molar-refractivity contribution < 1.29 is 23.1 Å². The van der Waals surface area contributed by atoms with E-state index in [9.17, 15) is 23.1 Å². The number of hydrogen-bond donors (Lipinski definition) is 3. The number of carbonyl (C=O) groups is 1. The van der Waals surface area contributed by atoms with Crippen LogP contribution in [-0.2, 0) is 6.42 Å². The van der Waals surface area contributed by atoms with Crippen LogP contribution in [0.1, 0.15) is 49.5 Å². The molecule has 36 heavy (non-hydrogen) atoms. The fourth-order valence-corrected chi connectivity index (χ4v) is 4.92. The molecule has 0 bridgehead atoms. The lowest BCUT2D eigenvalue weighted by molar-refractivity contribution is -0.0820. The van der Waals surface area contributed by atoms with Gasteiger partial charge in [-0.2, -0.15) is 0 Å². The molecule has 2 heterocycles. The third kappa shape index (κ3) is 5.85. The lowest BCUT2D eigenvalue weighted by Gasteiger charge is -2.48. The second-order valence-corrected chi connectivity index (χ2v) is 10.7. The molecule has 0 spiro atoms. The number of hydrogen-bond acceptors (Lipinski definition) is 5. The third-order valence-corrected chi connectivity index (χ3v) is 7.00. The standard InChI is InChI=1S/C27H35F3N4O2/c1-4-18-7-10-22(21(29)13-18)32-24-19(8-9-20(28)23(24)30)25(35)34-16-27(36,17-34)14-31-26(2,3)15-33-11-5-6-12-33/h7-10,13,31-32,36H,4-6,11-12,14-17H2,1-3H3. The highest BCUT2D eigenvalue weighted by Crippen LogP contribution is 2.32. The first-order valence-electron chi connectivity index (χ1n) is 12.5. The van der Waals surface area contributed by atoms with Gasteiger partial charge in [-0.1, -0.05) is 13.0 Å². The summed E-state index contributed by atoms with van der Waals surface area (Å²) < 4.78 is 43.3. The average Bonchev–Trinajstić information content (AvgIpc) is 3.32. The van der Waals surface area contributed by atoms with Crippen LogP contribution in [0.2, 0.25) is 0 Å². The Kier molecular flexibility index (Phi) is 7.64. The normalized spacial score (nSPS) is 17.8.